The van der Waals surface area contributed by atoms with E-state index in [-0.39, 0.29) is 31.1 Å². The van der Waals surface area contributed by atoms with Crippen molar-refractivity contribution in [2.75, 3.05) is 13.2 Å². The third kappa shape index (κ3) is 44.0. The highest BCUT2D eigenvalue weighted by molar-refractivity contribution is 5.71. The van der Waals surface area contributed by atoms with Crippen LogP contribution in [0.1, 0.15) is 291 Å². The van der Waals surface area contributed by atoms with Crippen molar-refractivity contribution in [3.8, 4) is 0 Å². The minimum absolute atomic E-state index is 0.0637. The molecule has 0 aromatic heterocycles. The van der Waals surface area contributed by atoms with Crippen LogP contribution in [0.5, 0.6) is 0 Å². The van der Waals surface area contributed by atoms with Crippen LogP contribution in [0, 0.1) is 5.92 Å². The summed E-state index contributed by atoms with van der Waals surface area (Å²) >= 11 is 0. The SMILES string of the molecule is CCCCCCCCCCCCCCCCCCCCCC(=O)O[C@@H](COC(=O)CCCCCCCCC)COC(=O)CCCCCCCCCCCCC(C)CC. The first-order valence-corrected chi connectivity index (χ1v) is 25.9. The van der Waals surface area contributed by atoms with Gasteiger partial charge in [0.1, 0.15) is 13.2 Å². The minimum atomic E-state index is -0.759. The molecular weight excluding hydrogens is 721 g/mol. The van der Waals surface area contributed by atoms with Gasteiger partial charge in [0.25, 0.3) is 0 Å². The molecule has 344 valence electrons. The van der Waals surface area contributed by atoms with E-state index in [0.717, 1.165) is 63.7 Å². The lowest BCUT2D eigenvalue weighted by Gasteiger charge is -2.18. The van der Waals surface area contributed by atoms with Crippen molar-refractivity contribution in [2.24, 2.45) is 5.92 Å². The van der Waals surface area contributed by atoms with Crippen molar-refractivity contribution < 1.29 is 28.6 Å². The lowest BCUT2D eigenvalue weighted by atomic mass is 9.99. The molecule has 6 heteroatoms. The molecule has 0 aliphatic heterocycles. The summed E-state index contributed by atoms with van der Waals surface area (Å²) in [6.07, 6.45) is 48.1. The van der Waals surface area contributed by atoms with Gasteiger partial charge in [-0.05, 0) is 25.2 Å². The van der Waals surface area contributed by atoms with Crippen molar-refractivity contribution in [1.29, 1.82) is 0 Å². The molecule has 0 aromatic carbocycles. The minimum Gasteiger partial charge on any atom is -0.462 e. The van der Waals surface area contributed by atoms with Gasteiger partial charge < -0.3 is 14.2 Å². The van der Waals surface area contributed by atoms with E-state index in [1.54, 1.807) is 0 Å². The molecule has 0 saturated carbocycles. The molecule has 0 rings (SSSR count). The van der Waals surface area contributed by atoms with E-state index in [0.29, 0.717) is 19.3 Å². The Labute approximate surface area is 361 Å². The number of esters is 3. The summed E-state index contributed by atoms with van der Waals surface area (Å²) in [5.74, 6) is 0.0172. The lowest BCUT2D eigenvalue weighted by molar-refractivity contribution is -0.167. The molecule has 0 aromatic rings. The Morgan fingerprint density at radius 3 is 0.897 bits per heavy atom. The van der Waals surface area contributed by atoms with Gasteiger partial charge in [-0.15, -0.1) is 0 Å². The van der Waals surface area contributed by atoms with Gasteiger partial charge in [0.2, 0.25) is 0 Å². The summed E-state index contributed by atoms with van der Waals surface area (Å²) in [5, 5.41) is 0. The van der Waals surface area contributed by atoms with Crippen LogP contribution in [-0.4, -0.2) is 37.2 Å². The third-order valence-corrected chi connectivity index (χ3v) is 12.2. The second-order valence-electron chi connectivity index (χ2n) is 18.1. The predicted molar refractivity (Wildman–Crippen MR) is 247 cm³/mol. The summed E-state index contributed by atoms with van der Waals surface area (Å²) < 4.78 is 16.7. The highest BCUT2D eigenvalue weighted by Crippen LogP contribution is 2.18. The van der Waals surface area contributed by atoms with Crippen molar-refractivity contribution in [1.82, 2.24) is 0 Å². The van der Waals surface area contributed by atoms with E-state index in [9.17, 15) is 14.4 Å². The van der Waals surface area contributed by atoms with Gasteiger partial charge in [-0.1, -0.05) is 252 Å². The first-order valence-electron chi connectivity index (χ1n) is 25.9. The van der Waals surface area contributed by atoms with E-state index in [2.05, 4.69) is 27.7 Å². The fourth-order valence-electron chi connectivity index (χ4n) is 7.83. The van der Waals surface area contributed by atoms with E-state index in [1.807, 2.05) is 0 Å². The molecule has 0 heterocycles. The maximum atomic E-state index is 12.8. The molecular formula is C52H100O6. The molecule has 0 amide bonds. The fourth-order valence-corrected chi connectivity index (χ4v) is 7.83. The zero-order valence-electron chi connectivity index (χ0n) is 39.5. The van der Waals surface area contributed by atoms with Gasteiger partial charge in [-0.25, -0.2) is 0 Å². The first kappa shape index (κ1) is 56.4. The normalized spacial score (nSPS) is 12.4. The zero-order chi connectivity index (χ0) is 42.4. The highest BCUT2D eigenvalue weighted by Gasteiger charge is 2.19. The summed E-state index contributed by atoms with van der Waals surface area (Å²) in [6.45, 7) is 9.01. The average Bonchev–Trinajstić information content (AvgIpc) is 3.22. The van der Waals surface area contributed by atoms with Crippen LogP contribution in [0.4, 0.5) is 0 Å². The summed E-state index contributed by atoms with van der Waals surface area (Å²) in [6, 6.07) is 0. The molecule has 0 spiro atoms. The number of carbonyl (C=O) groups is 3. The van der Waals surface area contributed by atoms with Crippen LogP contribution < -0.4 is 0 Å². The van der Waals surface area contributed by atoms with Gasteiger partial charge in [-0.3, -0.25) is 14.4 Å². The monoisotopic (exact) mass is 821 g/mol. The maximum absolute atomic E-state index is 12.8. The smallest absolute Gasteiger partial charge is 0.306 e. The molecule has 0 saturated heterocycles. The molecule has 6 nitrogen and oxygen atoms in total. The van der Waals surface area contributed by atoms with Crippen LogP contribution in [0.25, 0.3) is 0 Å². The molecule has 58 heavy (non-hydrogen) atoms. The van der Waals surface area contributed by atoms with E-state index >= 15 is 0 Å². The van der Waals surface area contributed by atoms with E-state index in [4.69, 9.17) is 14.2 Å². The molecule has 0 bridgehead atoms. The third-order valence-electron chi connectivity index (χ3n) is 12.2. The molecule has 0 radical (unpaired) electrons. The largest absolute Gasteiger partial charge is 0.462 e. The number of hydrogen-bond acceptors (Lipinski definition) is 6. The number of hydrogen-bond donors (Lipinski definition) is 0. The van der Waals surface area contributed by atoms with Crippen molar-refractivity contribution in [3.63, 3.8) is 0 Å². The van der Waals surface area contributed by atoms with Crippen molar-refractivity contribution in [2.45, 2.75) is 297 Å². The van der Waals surface area contributed by atoms with Crippen LogP contribution in [0.3, 0.4) is 0 Å². The Hall–Kier alpha value is -1.59. The first-order chi connectivity index (χ1) is 28.4. The van der Waals surface area contributed by atoms with Gasteiger partial charge in [-0.2, -0.15) is 0 Å². The Morgan fingerprint density at radius 1 is 0.345 bits per heavy atom. The topological polar surface area (TPSA) is 78.9 Å². The fraction of sp³-hybridized carbons (Fsp3) is 0.942. The Bertz CT molecular complexity index is 874. The molecule has 0 aliphatic carbocycles. The van der Waals surface area contributed by atoms with Crippen LogP contribution in [0.15, 0.2) is 0 Å². The molecule has 1 unspecified atom stereocenters. The van der Waals surface area contributed by atoms with Gasteiger partial charge in [0.15, 0.2) is 6.10 Å². The van der Waals surface area contributed by atoms with Crippen molar-refractivity contribution >= 4 is 17.9 Å². The number of unbranched alkanes of at least 4 members (excludes halogenated alkanes) is 33. The molecule has 2 atom stereocenters. The average molecular weight is 821 g/mol. The van der Waals surface area contributed by atoms with Crippen molar-refractivity contribution in [3.05, 3.63) is 0 Å². The van der Waals surface area contributed by atoms with Crippen LogP contribution in [0.2, 0.25) is 0 Å². The summed E-state index contributed by atoms with van der Waals surface area (Å²) in [7, 11) is 0. The molecule has 0 N–H and O–H groups in total. The summed E-state index contributed by atoms with van der Waals surface area (Å²) in [5.41, 5.74) is 0. The quantitative estimate of drug-likeness (QED) is 0.0346. The second kappa shape index (κ2) is 46.5. The predicted octanol–water partition coefficient (Wildman–Crippen LogP) is 16.7. The zero-order valence-corrected chi connectivity index (χ0v) is 39.5. The Balaban J connectivity index is 4.19. The standard InChI is InChI=1S/C52H100O6/c1-5-8-10-12-14-15-16-17-18-19-20-21-22-23-24-29-33-37-41-45-52(55)58-49(46-56-50(53)43-39-35-30-13-11-9-6-2)47-57-51(54)44-40-36-32-28-26-25-27-31-34-38-42-48(4)7-3/h48-49H,5-47H2,1-4H3/t48?,49-/m0/s1. The van der Waals surface area contributed by atoms with Gasteiger partial charge in [0, 0.05) is 19.3 Å². The molecule has 0 aliphatic rings. The highest BCUT2D eigenvalue weighted by atomic mass is 16.6. The van der Waals surface area contributed by atoms with Crippen LogP contribution in [-0.2, 0) is 28.6 Å². The number of carbonyl (C=O) groups excluding carboxylic acids is 3. The second-order valence-corrected chi connectivity index (χ2v) is 18.1. The molecule has 0 fully saturated rings. The van der Waals surface area contributed by atoms with E-state index in [1.165, 1.54) is 186 Å². The lowest BCUT2D eigenvalue weighted by Crippen LogP contribution is -2.30. The van der Waals surface area contributed by atoms with Gasteiger partial charge >= 0.3 is 17.9 Å². The number of rotatable bonds is 47. The van der Waals surface area contributed by atoms with Crippen LogP contribution >= 0.6 is 0 Å². The summed E-state index contributed by atoms with van der Waals surface area (Å²) in [4.78, 5) is 37.8. The Kier molecular flexibility index (Phi) is 45.2. The van der Waals surface area contributed by atoms with Gasteiger partial charge in [0.05, 0.1) is 0 Å². The maximum Gasteiger partial charge on any atom is 0.306 e. The van der Waals surface area contributed by atoms with E-state index < -0.39 is 6.10 Å². The number of ether oxygens (including phenoxy) is 3. The Morgan fingerprint density at radius 2 is 0.603 bits per heavy atom.